The van der Waals surface area contributed by atoms with E-state index in [1.807, 2.05) is 0 Å². The van der Waals surface area contributed by atoms with Crippen molar-refractivity contribution in [3.05, 3.63) is 22.4 Å². The van der Waals surface area contributed by atoms with Crippen LogP contribution in [0.1, 0.15) is 6.92 Å². The number of allylic oxidation sites excluding steroid dienone is 2. The third-order valence-corrected chi connectivity index (χ3v) is 1.31. The van der Waals surface area contributed by atoms with E-state index in [0.29, 0.717) is 5.84 Å². The lowest BCUT2D eigenvalue weighted by Crippen LogP contribution is -2.03. The summed E-state index contributed by atoms with van der Waals surface area (Å²) in [7, 11) is 0. The van der Waals surface area contributed by atoms with Crippen LogP contribution >= 0.6 is 22.6 Å². The summed E-state index contributed by atoms with van der Waals surface area (Å²) in [4.78, 5) is 3.85. The van der Waals surface area contributed by atoms with Gasteiger partial charge in [0.05, 0.1) is 5.84 Å². The van der Waals surface area contributed by atoms with Gasteiger partial charge in [0.15, 0.2) is 0 Å². The van der Waals surface area contributed by atoms with E-state index in [0.717, 1.165) is 3.58 Å². The maximum Gasteiger partial charge on any atom is 0.0957 e. The zero-order valence-electron chi connectivity index (χ0n) is 5.26. The van der Waals surface area contributed by atoms with Gasteiger partial charge in [-0.15, -0.1) is 0 Å². The molecular weight excluding hydrogens is 227 g/mol. The van der Waals surface area contributed by atoms with Crippen LogP contribution in [-0.2, 0) is 0 Å². The van der Waals surface area contributed by atoms with Crippen molar-refractivity contribution in [2.75, 3.05) is 0 Å². The molecule has 0 bridgehead atoms. The number of hydrogen-bond acceptors (Lipinski definition) is 1. The van der Waals surface area contributed by atoms with Crippen LogP contribution in [0.15, 0.2) is 27.4 Å². The van der Waals surface area contributed by atoms with Crippen LogP contribution in [0, 0.1) is 0 Å². The number of nitrogens with two attached hydrogens (primary N) is 1. The second-order valence-electron chi connectivity index (χ2n) is 1.49. The second-order valence-corrected chi connectivity index (χ2v) is 2.73. The molecule has 0 aliphatic rings. The fourth-order valence-electron chi connectivity index (χ4n) is 0.216. The van der Waals surface area contributed by atoms with Crippen LogP contribution < -0.4 is 5.73 Å². The summed E-state index contributed by atoms with van der Waals surface area (Å²) in [6.07, 6.45) is 3.38. The van der Waals surface area contributed by atoms with Crippen molar-refractivity contribution < 1.29 is 0 Å². The SMILES string of the molecule is C=C/C(I)=C\N=C(C)N. The summed E-state index contributed by atoms with van der Waals surface area (Å²) in [6, 6.07) is 0. The lowest BCUT2D eigenvalue weighted by atomic mass is 10.6. The third kappa shape index (κ3) is 5.55. The minimum atomic E-state index is 0.561. The molecule has 0 aromatic heterocycles. The topological polar surface area (TPSA) is 38.4 Å². The molecule has 0 radical (unpaired) electrons. The number of amidine groups is 1. The molecule has 0 aromatic carbocycles. The number of halogens is 1. The first kappa shape index (κ1) is 8.68. The van der Waals surface area contributed by atoms with Crippen molar-refractivity contribution in [3.63, 3.8) is 0 Å². The molecule has 9 heavy (non-hydrogen) atoms. The smallest absolute Gasteiger partial charge is 0.0957 e. The van der Waals surface area contributed by atoms with Gasteiger partial charge in [-0.3, -0.25) is 0 Å². The average Bonchev–Trinajstić information content (AvgIpc) is 1.83. The van der Waals surface area contributed by atoms with Gasteiger partial charge in [-0.1, -0.05) is 12.7 Å². The number of hydrogen-bond donors (Lipinski definition) is 1. The lowest BCUT2D eigenvalue weighted by Gasteiger charge is -1.84. The van der Waals surface area contributed by atoms with E-state index in [1.54, 1.807) is 19.2 Å². The molecule has 0 spiro atoms. The van der Waals surface area contributed by atoms with Gasteiger partial charge in [0.25, 0.3) is 0 Å². The van der Waals surface area contributed by atoms with Crippen LogP contribution in [0.3, 0.4) is 0 Å². The quantitative estimate of drug-likeness (QED) is 0.337. The maximum atomic E-state index is 5.26. The van der Waals surface area contributed by atoms with Crippen molar-refractivity contribution in [2.45, 2.75) is 6.92 Å². The van der Waals surface area contributed by atoms with Crippen molar-refractivity contribution in [1.29, 1.82) is 0 Å². The Kier molecular flexibility index (Phi) is 4.39. The Hall–Kier alpha value is -0.320. The van der Waals surface area contributed by atoms with Crippen molar-refractivity contribution >= 4 is 28.4 Å². The van der Waals surface area contributed by atoms with Crippen LogP contribution in [0.25, 0.3) is 0 Å². The fraction of sp³-hybridized carbons (Fsp3) is 0.167. The molecule has 0 aliphatic heterocycles. The van der Waals surface area contributed by atoms with Crippen molar-refractivity contribution in [1.82, 2.24) is 0 Å². The highest BCUT2D eigenvalue weighted by Gasteiger charge is 1.77. The molecule has 0 saturated carbocycles. The Morgan fingerprint density at radius 1 is 1.78 bits per heavy atom. The normalized spacial score (nSPS) is 13.6. The van der Waals surface area contributed by atoms with Crippen LogP contribution in [0.4, 0.5) is 0 Å². The molecule has 0 atom stereocenters. The average molecular weight is 236 g/mol. The zero-order chi connectivity index (χ0) is 7.28. The Balaban J connectivity index is 3.98. The Labute approximate surface area is 68.7 Å². The molecule has 2 N–H and O–H groups in total. The fourth-order valence-corrected chi connectivity index (χ4v) is 0.355. The van der Waals surface area contributed by atoms with Gasteiger partial charge in [-0.2, -0.15) is 0 Å². The van der Waals surface area contributed by atoms with Gasteiger partial charge in [0, 0.05) is 9.78 Å². The van der Waals surface area contributed by atoms with Crippen LogP contribution in [-0.4, -0.2) is 5.84 Å². The van der Waals surface area contributed by atoms with Crippen LogP contribution in [0.5, 0.6) is 0 Å². The first-order valence-corrected chi connectivity index (χ1v) is 3.52. The van der Waals surface area contributed by atoms with Gasteiger partial charge in [-0.05, 0) is 29.5 Å². The Morgan fingerprint density at radius 2 is 2.33 bits per heavy atom. The summed E-state index contributed by atoms with van der Waals surface area (Å²) in [6.45, 7) is 5.29. The predicted octanol–water partition coefficient (Wildman–Crippen LogP) is 1.83. The highest BCUT2D eigenvalue weighted by molar-refractivity contribution is 14.1. The molecule has 0 unspecified atom stereocenters. The molecule has 50 valence electrons. The number of rotatable bonds is 2. The molecule has 2 nitrogen and oxygen atoms in total. The molecule has 0 fully saturated rings. The summed E-state index contributed by atoms with van der Waals surface area (Å²) < 4.78 is 0.984. The number of nitrogens with zero attached hydrogens (tertiary/aromatic N) is 1. The van der Waals surface area contributed by atoms with E-state index in [4.69, 9.17) is 5.73 Å². The van der Waals surface area contributed by atoms with Crippen molar-refractivity contribution in [2.24, 2.45) is 10.7 Å². The zero-order valence-corrected chi connectivity index (χ0v) is 7.42. The van der Waals surface area contributed by atoms with Crippen LogP contribution in [0.2, 0.25) is 0 Å². The number of aliphatic imine (C=N–C) groups is 1. The second kappa shape index (κ2) is 4.55. The first-order valence-electron chi connectivity index (χ1n) is 2.45. The summed E-state index contributed by atoms with van der Waals surface area (Å²) in [5.41, 5.74) is 5.26. The lowest BCUT2D eigenvalue weighted by molar-refractivity contribution is 1.46. The third-order valence-electron chi connectivity index (χ3n) is 0.587. The van der Waals surface area contributed by atoms with E-state index in [-0.39, 0.29) is 0 Å². The van der Waals surface area contributed by atoms with Gasteiger partial charge >= 0.3 is 0 Å². The van der Waals surface area contributed by atoms with Gasteiger partial charge in [-0.25, -0.2) is 4.99 Å². The van der Waals surface area contributed by atoms with E-state index >= 15 is 0 Å². The highest BCUT2D eigenvalue weighted by Crippen LogP contribution is 2.05. The Morgan fingerprint density at radius 3 is 2.67 bits per heavy atom. The molecule has 3 heteroatoms. The largest absolute Gasteiger partial charge is 0.387 e. The van der Waals surface area contributed by atoms with Gasteiger partial charge in [0.2, 0.25) is 0 Å². The molecule has 0 amide bonds. The minimum absolute atomic E-state index is 0.561. The summed E-state index contributed by atoms with van der Waals surface area (Å²) in [5.74, 6) is 0.561. The van der Waals surface area contributed by atoms with E-state index in [9.17, 15) is 0 Å². The monoisotopic (exact) mass is 236 g/mol. The molecular formula is C6H9IN2. The highest BCUT2D eigenvalue weighted by atomic mass is 127. The maximum absolute atomic E-state index is 5.26. The van der Waals surface area contributed by atoms with Crippen molar-refractivity contribution in [3.8, 4) is 0 Å². The van der Waals surface area contributed by atoms with E-state index in [2.05, 4.69) is 34.2 Å². The molecule has 0 rings (SSSR count). The van der Waals surface area contributed by atoms with Gasteiger partial charge in [0.1, 0.15) is 0 Å². The van der Waals surface area contributed by atoms with E-state index < -0.39 is 0 Å². The standard InChI is InChI=1S/C6H9IN2/c1-3-6(7)4-9-5(2)8/h3-4H,1H2,2H3,(H2,8,9)/b6-4+. The Bertz CT molecular complexity index is 154. The minimum Gasteiger partial charge on any atom is -0.387 e. The van der Waals surface area contributed by atoms with E-state index in [1.165, 1.54) is 0 Å². The molecule has 0 heterocycles. The molecule has 0 saturated heterocycles. The first-order chi connectivity index (χ1) is 4.16. The predicted molar refractivity (Wildman–Crippen MR) is 49.6 cm³/mol. The molecule has 0 aliphatic carbocycles. The molecule has 0 aromatic rings. The summed E-state index contributed by atoms with van der Waals surface area (Å²) >= 11 is 2.12. The summed E-state index contributed by atoms with van der Waals surface area (Å²) in [5, 5.41) is 0. The van der Waals surface area contributed by atoms with Gasteiger partial charge < -0.3 is 5.73 Å².